The number of ether oxygens (including phenoxy) is 1. The van der Waals surface area contributed by atoms with Gasteiger partial charge in [-0.05, 0) is 74.3 Å². The summed E-state index contributed by atoms with van der Waals surface area (Å²) >= 11 is 0. The summed E-state index contributed by atoms with van der Waals surface area (Å²) in [5.41, 5.74) is 7.89. The first kappa shape index (κ1) is 26.1. The van der Waals surface area contributed by atoms with E-state index in [2.05, 4.69) is 32.5 Å². The predicted molar refractivity (Wildman–Crippen MR) is 145 cm³/mol. The zero-order valence-corrected chi connectivity index (χ0v) is 20.8. The van der Waals surface area contributed by atoms with Gasteiger partial charge in [0.25, 0.3) is 0 Å². The SMILES string of the molecule is C=CC(=O)Nc1cccc(Nc2nc(Nc3ccc(OCC4(CCN)CCCCC4)cc3)ncc2F)c1. The summed E-state index contributed by atoms with van der Waals surface area (Å²) in [6.45, 7) is 4.78. The molecule has 5 N–H and O–H groups in total. The number of carbonyl (C=O) groups excluding carboxylic acids is 1. The van der Waals surface area contributed by atoms with E-state index in [9.17, 15) is 9.18 Å². The Morgan fingerprint density at radius 2 is 1.84 bits per heavy atom. The van der Waals surface area contributed by atoms with Gasteiger partial charge in [-0.2, -0.15) is 4.98 Å². The minimum atomic E-state index is -0.607. The van der Waals surface area contributed by atoms with E-state index in [1.807, 2.05) is 24.3 Å². The van der Waals surface area contributed by atoms with E-state index in [-0.39, 0.29) is 23.1 Å². The number of nitrogens with one attached hydrogen (secondary N) is 3. The van der Waals surface area contributed by atoms with Gasteiger partial charge in [-0.1, -0.05) is 31.9 Å². The van der Waals surface area contributed by atoms with E-state index >= 15 is 0 Å². The number of benzene rings is 2. The molecule has 37 heavy (non-hydrogen) atoms. The number of rotatable bonds is 11. The molecule has 3 aromatic rings. The first-order valence-electron chi connectivity index (χ1n) is 12.5. The van der Waals surface area contributed by atoms with Gasteiger partial charge in [-0.3, -0.25) is 4.79 Å². The van der Waals surface area contributed by atoms with Crippen LogP contribution in [0.2, 0.25) is 0 Å². The second kappa shape index (κ2) is 12.3. The third kappa shape index (κ3) is 7.27. The van der Waals surface area contributed by atoms with Crippen LogP contribution in [0.15, 0.2) is 67.4 Å². The van der Waals surface area contributed by atoms with E-state index in [1.54, 1.807) is 24.3 Å². The van der Waals surface area contributed by atoms with Crippen molar-refractivity contribution < 1.29 is 13.9 Å². The fraction of sp³-hybridized carbons (Fsp3) is 0.321. The van der Waals surface area contributed by atoms with Crippen LogP contribution in [0, 0.1) is 11.2 Å². The Hall–Kier alpha value is -3.98. The third-order valence-corrected chi connectivity index (χ3v) is 6.57. The number of amides is 1. The topological polar surface area (TPSA) is 114 Å². The molecule has 0 bridgehead atoms. The maximum Gasteiger partial charge on any atom is 0.247 e. The molecule has 0 unspecified atom stereocenters. The van der Waals surface area contributed by atoms with Crippen LogP contribution in [0.3, 0.4) is 0 Å². The highest BCUT2D eigenvalue weighted by Gasteiger charge is 2.32. The minimum absolute atomic E-state index is 0.00216. The Morgan fingerprint density at radius 3 is 2.57 bits per heavy atom. The third-order valence-electron chi connectivity index (χ3n) is 6.57. The summed E-state index contributed by atoms with van der Waals surface area (Å²) < 4.78 is 20.6. The molecule has 8 nitrogen and oxygen atoms in total. The highest BCUT2D eigenvalue weighted by atomic mass is 19.1. The molecule has 0 aliphatic heterocycles. The van der Waals surface area contributed by atoms with Crippen molar-refractivity contribution in [3.8, 4) is 5.75 Å². The maximum absolute atomic E-state index is 14.4. The van der Waals surface area contributed by atoms with E-state index in [4.69, 9.17) is 10.5 Å². The van der Waals surface area contributed by atoms with Crippen molar-refractivity contribution >= 4 is 34.7 Å². The fourth-order valence-corrected chi connectivity index (χ4v) is 4.59. The smallest absolute Gasteiger partial charge is 0.247 e. The van der Waals surface area contributed by atoms with Crippen LogP contribution in [0.4, 0.5) is 33.2 Å². The lowest BCUT2D eigenvalue weighted by Gasteiger charge is -2.36. The van der Waals surface area contributed by atoms with Gasteiger partial charge >= 0.3 is 0 Å². The Balaban J connectivity index is 1.38. The average Bonchev–Trinajstić information content (AvgIpc) is 2.91. The predicted octanol–water partition coefficient (Wildman–Crippen LogP) is 5.91. The van der Waals surface area contributed by atoms with E-state index < -0.39 is 5.82 Å². The lowest BCUT2D eigenvalue weighted by Crippen LogP contribution is -2.33. The Kier molecular flexibility index (Phi) is 8.68. The van der Waals surface area contributed by atoms with Crippen molar-refractivity contribution in [1.29, 1.82) is 0 Å². The van der Waals surface area contributed by atoms with Gasteiger partial charge in [0.1, 0.15) is 5.75 Å². The van der Waals surface area contributed by atoms with Crippen molar-refractivity contribution in [2.45, 2.75) is 38.5 Å². The molecular weight excluding hydrogens is 471 g/mol. The molecule has 1 aliphatic rings. The average molecular weight is 505 g/mol. The quantitative estimate of drug-likeness (QED) is 0.240. The van der Waals surface area contributed by atoms with Crippen LogP contribution in [0.1, 0.15) is 38.5 Å². The molecule has 0 radical (unpaired) electrons. The first-order chi connectivity index (χ1) is 18.0. The molecule has 0 spiro atoms. The first-order valence-corrected chi connectivity index (χ1v) is 12.5. The number of hydrogen-bond acceptors (Lipinski definition) is 7. The summed E-state index contributed by atoms with van der Waals surface area (Å²) in [6, 6.07) is 14.4. The van der Waals surface area contributed by atoms with Gasteiger partial charge in [0.05, 0.1) is 12.8 Å². The lowest BCUT2D eigenvalue weighted by atomic mass is 9.72. The van der Waals surface area contributed by atoms with E-state index in [0.29, 0.717) is 24.5 Å². The number of carbonyl (C=O) groups is 1. The van der Waals surface area contributed by atoms with Crippen molar-refractivity contribution in [2.24, 2.45) is 11.1 Å². The van der Waals surface area contributed by atoms with E-state index in [1.165, 1.54) is 25.3 Å². The molecule has 1 aliphatic carbocycles. The van der Waals surface area contributed by atoms with Crippen molar-refractivity contribution in [3.05, 3.63) is 73.2 Å². The molecular formula is C28H33FN6O2. The molecule has 9 heteroatoms. The van der Waals surface area contributed by atoms with Gasteiger partial charge in [0.2, 0.25) is 11.9 Å². The number of hydrogen-bond donors (Lipinski definition) is 4. The molecule has 194 valence electrons. The molecule has 0 atom stereocenters. The largest absolute Gasteiger partial charge is 0.493 e. The highest BCUT2D eigenvalue weighted by Crippen LogP contribution is 2.39. The molecule has 1 aromatic heterocycles. The lowest BCUT2D eigenvalue weighted by molar-refractivity contribution is -0.111. The highest BCUT2D eigenvalue weighted by molar-refractivity contribution is 5.99. The second-order valence-electron chi connectivity index (χ2n) is 9.33. The summed E-state index contributed by atoms with van der Waals surface area (Å²) in [7, 11) is 0. The Bertz CT molecular complexity index is 1210. The summed E-state index contributed by atoms with van der Waals surface area (Å²) in [5.74, 6) is 0.0831. The van der Waals surface area contributed by atoms with Crippen LogP contribution >= 0.6 is 0 Å². The zero-order chi connectivity index (χ0) is 26.1. The van der Waals surface area contributed by atoms with Crippen molar-refractivity contribution in [2.75, 3.05) is 29.1 Å². The number of aromatic nitrogens is 2. The van der Waals surface area contributed by atoms with Gasteiger partial charge < -0.3 is 26.4 Å². The molecule has 1 amide bonds. The Labute approximate surface area is 216 Å². The van der Waals surface area contributed by atoms with Gasteiger partial charge in [-0.25, -0.2) is 9.37 Å². The molecule has 2 aromatic carbocycles. The monoisotopic (exact) mass is 504 g/mol. The van der Waals surface area contributed by atoms with Gasteiger partial charge in [-0.15, -0.1) is 0 Å². The van der Waals surface area contributed by atoms with Gasteiger partial charge in [0.15, 0.2) is 11.6 Å². The number of nitrogens with two attached hydrogens (primary N) is 1. The molecule has 1 heterocycles. The molecule has 0 saturated heterocycles. The Morgan fingerprint density at radius 1 is 1.08 bits per heavy atom. The summed E-state index contributed by atoms with van der Waals surface area (Å²) in [4.78, 5) is 19.9. The number of halogens is 1. The minimum Gasteiger partial charge on any atom is -0.493 e. The van der Waals surface area contributed by atoms with Crippen LogP contribution in [0.25, 0.3) is 0 Å². The second-order valence-corrected chi connectivity index (χ2v) is 9.33. The fourth-order valence-electron chi connectivity index (χ4n) is 4.59. The van der Waals surface area contributed by atoms with Crippen LogP contribution in [-0.2, 0) is 4.79 Å². The number of nitrogens with zero attached hydrogens (tertiary/aromatic N) is 2. The van der Waals surface area contributed by atoms with Crippen LogP contribution < -0.4 is 26.4 Å². The van der Waals surface area contributed by atoms with Gasteiger partial charge in [0, 0.05) is 22.5 Å². The summed E-state index contributed by atoms with van der Waals surface area (Å²) in [6.07, 6.45) is 9.34. The van der Waals surface area contributed by atoms with Crippen LogP contribution in [0.5, 0.6) is 5.75 Å². The molecule has 1 saturated carbocycles. The van der Waals surface area contributed by atoms with Crippen molar-refractivity contribution in [1.82, 2.24) is 9.97 Å². The maximum atomic E-state index is 14.4. The molecule has 1 fully saturated rings. The van der Waals surface area contributed by atoms with E-state index in [0.717, 1.165) is 36.9 Å². The summed E-state index contributed by atoms with van der Waals surface area (Å²) in [5, 5.41) is 8.69. The standard InChI is InChI=1S/C28H33FN6O2/c1-2-25(36)32-21-7-6-8-22(17-21)33-26-24(29)18-31-27(35-26)34-20-9-11-23(12-10-20)37-19-28(15-16-30)13-4-3-5-14-28/h2,6-12,17-18H,1,3-5,13-16,19,30H2,(H,32,36)(H2,31,33,34,35). The van der Waals surface area contributed by atoms with Crippen LogP contribution in [-0.4, -0.2) is 29.0 Å². The number of anilines is 5. The zero-order valence-electron chi connectivity index (χ0n) is 20.8. The normalized spacial score (nSPS) is 14.4. The van der Waals surface area contributed by atoms with Crippen molar-refractivity contribution in [3.63, 3.8) is 0 Å². The molecule has 4 rings (SSSR count).